The van der Waals surface area contributed by atoms with Crippen LogP contribution in [0.15, 0.2) is 0 Å². The van der Waals surface area contributed by atoms with E-state index in [1.54, 1.807) is 13.8 Å². The van der Waals surface area contributed by atoms with Crippen molar-refractivity contribution in [3.05, 3.63) is 22.5 Å². The molecule has 1 aromatic rings. The van der Waals surface area contributed by atoms with E-state index in [4.69, 9.17) is 4.74 Å². The molecular formula is C23H34N2O4. The van der Waals surface area contributed by atoms with E-state index in [1.165, 1.54) is 13.5 Å². The number of nitrogens with one attached hydrogen (secondary N) is 1. The van der Waals surface area contributed by atoms with Gasteiger partial charge in [-0.05, 0) is 52.0 Å². The van der Waals surface area contributed by atoms with Crippen molar-refractivity contribution in [2.24, 2.45) is 5.92 Å². The van der Waals surface area contributed by atoms with E-state index >= 15 is 0 Å². The summed E-state index contributed by atoms with van der Waals surface area (Å²) >= 11 is 0. The zero-order valence-electron chi connectivity index (χ0n) is 18.2. The molecule has 0 aromatic carbocycles. The molecule has 1 unspecified atom stereocenters. The topological polar surface area (TPSA) is 79.5 Å². The molecule has 2 fully saturated rings. The summed E-state index contributed by atoms with van der Waals surface area (Å²) in [4.78, 5) is 43.9. The fourth-order valence-electron chi connectivity index (χ4n) is 5.19. The number of aromatic amines is 1. The normalized spacial score (nSPS) is 19.2. The average molecular weight is 403 g/mol. The Morgan fingerprint density at radius 2 is 1.59 bits per heavy atom. The van der Waals surface area contributed by atoms with Crippen molar-refractivity contribution in [2.45, 2.75) is 90.6 Å². The average Bonchev–Trinajstić information content (AvgIpc) is 3.36. The maximum absolute atomic E-state index is 13.5. The second-order valence-corrected chi connectivity index (χ2v) is 8.68. The van der Waals surface area contributed by atoms with E-state index in [0.717, 1.165) is 51.4 Å². The lowest BCUT2D eigenvalue weighted by atomic mass is 9.90. The summed E-state index contributed by atoms with van der Waals surface area (Å²) in [5, 5.41) is 0. The lowest BCUT2D eigenvalue weighted by Crippen LogP contribution is -2.52. The van der Waals surface area contributed by atoms with E-state index in [2.05, 4.69) is 4.98 Å². The van der Waals surface area contributed by atoms with Crippen LogP contribution in [-0.4, -0.2) is 46.7 Å². The smallest absolute Gasteiger partial charge is 0.354 e. The van der Waals surface area contributed by atoms with Crippen molar-refractivity contribution in [3.63, 3.8) is 0 Å². The molecular weight excluding hydrogens is 368 g/mol. The molecule has 1 heterocycles. The van der Waals surface area contributed by atoms with E-state index in [0.29, 0.717) is 22.5 Å². The number of ketones is 1. The molecule has 1 N–H and O–H groups in total. The van der Waals surface area contributed by atoms with Crippen molar-refractivity contribution < 1.29 is 19.1 Å². The van der Waals surface area contributed by atoms with Gasteiger partial charge in [-0.2, -0.15) is 0 Å². The van der Waals surface area contributed by atoms with Gasteiger partial charge in [0.1, 0.15) is 5.69 Å². The van der Waals surface area contributed by atoms with Gasteiger partial charge in [-0.25, -0.2) is 4.79 Å². The van der Waals surface area contributed by atoms with Gasteiger partial charge >= 0.3 is 5.97 Å². The molecule has 0 bridgehead atoms. The summed E-state index contributed by atoms with van der Waals surface area (Å²) in [6.07, 6.45) is 9.39. The highest BCUT2D eigenvalue weighted by atomic mass is 16.5. The molecule has 3 rings (SSSR count). The van der Waals surface area contributed by atoms with E-state index < -0.39 is 12.0 Å². The van der Waals surface area contributed by atoms with Crippen LogP contribution in [0.2, 0.25) is 0 Å². The molecule has 6 nitrogen and oxygen atoms in total. The van der Waals surface area contributed by atoms with Crippen LogP contribution in [-0.2, 0) is 9.53 Å². The molecule has 1 aromatic heterocycles. The Kier molecular flexibility index (Phi) is 6.81. The first-order valence-electron chi connectivity index (χ1n) is 11.0. The number of aromatic nitrogens is 1. The molecule has 0 spiro atoms. The summed E-state index contributed by atoms with van der Waals surface area (Å²) in [5.74, 6) is -0.382. The molecule has 0 saturated heterocycles. The SMILES string of the molecule is COC(=O)c1[nH]c(C)c(C(=O)C(C)N(C(=O)C2CCCC2)C2CCCCC2)c1C. The maximum atomic E-state index is 13.5. The fraction of sp³-hybridized carbons (Fsp3) is 0.696. The quantitative estimate of drug-likeness (QED) is 0.567. The van der Waals surface area contributed by atoms with Gasteiger partial charge in [-0.15, -0.1) is 0 Å². The third-order valence-corrected chi connectivity index (χ3v) is 6.80. The molecule has 0 aliphatic heterocycles. The molecule has 2 aliphatic carbocycles. The minimum atomic E-state index is -0.537. The van der Waals surface area contributed by atoms with Gasteiger partial charge in [0.25, 0.3) is 0 Å². The Morgan fingerprint density at radius 1 is 1.00 bits per heavy atom. The van der Waals surface area contributed by atoms with Crippen molar-refractivity contribution in [1.29, 1.82) is 0 Å². The van der Waals surface area contributed by atoms with Gasteiger partial charge in [0.15, 0.2) is 5.78 Å². The summed E-state index contributed by atoms with van der Waals surface area (Å²) in [5.41, 5.74) is 2.07. The first-order chi connectivity index (χ1) is 13.9. The van der Waals surface area contributed by atoms with Crippen LogP contribution in [0.5, 0.6) is 0 Å². The number of H-pyrrole nitrogens is 1. The van der Waals surface area contributed by atoms with Crippen LogP contribution in [0.25, 0.3) is 0 Å². The molecule has 0 radical (unpaired) electrons. The molecule has 29 heavy (non-hydrogen) atoms. The summed E-state index contributed by atoms with van der Waals surface area (Å²) < 4.78 is 4.83. The van der Waals surface area contributed by atoms with Gasteiger partial charge in [-0.3, -0.25) is 9.59 Å². The minimum Gasteiger partial charge on any atom is -0.464 e. The highest BCUT2D eigenvalue weighted by molar-refractivity contribution is 6.06. The highest BCUT2D eigenvalue weighted by Gasteiger charge is 2.38. The summed E-state index contributed by atoms with van der Waals surface area (Å²) in [7, 11) is 1.33. The van der Waals surface area contributed by atoms with Crippen LogP contribution in [0.4, 0.5) is 0 Å². The molecule has 1 atom stereocenters. The van der Waals surface area contributed by atoms with E-state index in [9.17, 15) is 14.4 Å². The van der Waals surface area contributed by atoms with E-state index in [-0.39, 0.29) is 23.7 Å². The number of ether oxygens (including phenoxy) is 1. The third kappa shape index (κ3) is 4.26. The predicted octanol–water partition coefficient (Wildman–Crippen LogP) is 4.34. The molecule has 2 saturated carbocycles. The Morgan fingerprint density at radius 3 is 2.17 bits per heavy atom. The van der Waals surface area contributed by atoms with Gasteiger partial charge in [0.05, 0.1) is 13.2 Å². The van der Waals surface area contributed by atoms with Crippen molar-refractivity contribution in [2.75, 3.05) is 7.11 Å². The van der Waals surface area contributed by atoms with Gasteiger partial charge in [-0.1, -0.05) is 32.1 Å². The first kappa shape index (κ1) is 21.6. The molecule has 160 valence electrons. The Hall–Kier alpha value is -2.11. The standard InChI is InChI=1S/C23H34N2O4/c1-14-19(15(2)24-20(14)23(28)29-4)21(26)16(3)25(18-12-6-5-7-13-18)22(27)17-10-8-9-11-17/h16-18,24H,5-13H2,1-4H3. The van der Waals surface area contributed by atoms with Crippen molar-refractivity contribution >= 4 is 17.7 Å². The number of esters is 1. The number of methoxy groups -OCH3 is 1. The lowest BCUT2D eigenvalue weighted by Gasteiger charge is -2.39. The largest absolute Gasteiger partial charge is 0.464 e. The number of aryl methyl sites for hydroxylation is 1. The molecule has 1 amide bonds. The van der Waals surface area contributed by atoms with Gasteiger partial charge in [0.2, 0.25) is 5.91 Å². The number of nitrogens with zero attached hydrogens (tertiary/aromatic N) is 1. The van der Waals surface area contributed by atoms with Crippen LogP contribution < -0.4 is 0 Å². The fourth-order valence-corrected chi connectivity index (χ4v) is 5.19. The molecule has 2 aliphatic rings. The number of hydrogen-bond donors (Lipinski definition) is 1. The zero-order valence-corrected chi connectivity index (χ0v) is 18.2. The van der Waals surface area contributed by atoms with Crippen molar-refractivity contribution in [1.82, 2.24) is 9.88 Å². The number of carbonyl (C=O) groups excluding carboxylic acids is 3. The lowest BCUT2D eigenvalue weighted by molar-refractivity contribution is -0.140. The van der Waals surface area contributed by atoms with Crippen LogP contribution >= 0.6 is 0 Å². The molecule has 6 heteroatoms. The third-order valence-electron chi connectivity index (χ3n) is 6.80. The minimum absolute atomic E-state index is 0.0474. The number of rotatable bonds is 6. The van der Waals surface area contributed by atoms with Crippen LogP contribution in [0.3, 0.4) is 0 Å². The second kappa shape index (κ2) is 9.14. The van der Waals surface area contributed by atoms with Crippen LogP contribution in [0.1, 0.15) is 96.8 Å². The monoisotopic (exact) mass is 402 g/mol. The number of amides is 1. The number of hydrogen-bond acceptors (Lipinski definition) is 4. The van der Waals surface area contributed by atoms with Crippen molar-refractivity contribution in [3.8, 4) is 0 Å². The zero-order chi connectivity index (χ0) is 21.1. The summed E-state index contributed by atoms with van der Waals surface area (Å²) in [6, 6.07) is -0.402. The highest BCUT2D eigenvalue weighted by Crippen LogP contribution is 2.33. The van der Waals surface area contributed by atoms with Gasteiger partial charge < -0.3 is 14.6 Å². The van der Waals surface area contributed by atoms with Crippen LogP contribution in [0, 0.1) is 19.8 Å². The predicted molar refractivity (Wildman–Crippen MR) is 111 cm³/mol. The number of Topliss-reactive ketones (excluding diaryl/α,β-unsaturated/α-hetero) is 1. The van der Waals surface area contributed by atoms with E-state index in [1.807, 2.05) is 11.8 Å². The summed E-state index contributed by atoms with van der Waals surface area (Å²) in [6.45, 7) is 5.41. The first-order valence-corrected chi connectivity index (χ1v) is 11.0. The second-order valence-electron chi connectivity index (χ2n) is 8.68. The Bertz CT molecular complexity index is 770. The number of carbonyl (C=O) groups is 3. The Labute approximate surface area is 173 Å². The van der Waals surface area contributed by atoms with Gasteiger partial charge in [0, 0.05) is 23.2 Å². The maximum Gasteiger partial charge on any atom is 0.354 e. The Balaban J connectivity index is 1.91.